The topological polar surface area (TPSA) is 71.1 Å². The number of hydrogen-bond donors (Lipinski definition) is 1. The van der Waals surface area contributed by atoms with Crippen molar-refractivity contribution in [3.8, 4) is 5.75 Å². The average Bonchev–Trinajstić information content (AvgIpc) is 2.61. The monoisotopic (exact) mass is 349 g/mol. The van der Waals surface area contributed by atoms with Gasteiger partial charge in [-0.05, 0) is 25.0 Å². The predicted octanol–water partition coefficient (Wildman–Crippen LogP) is 1.20. The third-order valence-electron chi connectivity index (χ3n) is 4.51. The molecule has 1 aliphatic rings. The highest BCUT2D eigenvalue weighted by Gasteiger charge is 2.43. The maximum Gasteiger partial charge on any atom is 0.248 e. The molecule has 0 unspecified atom stereocenters. The van der Waals surface area contributed by atoms with Crippen LogP contribution in [0.5, 0.6) is 5.75 Å². The SMILES string of the molecule is COCC(=O)N1CCC(Nc2cccc(OC)c2)(C(=O)N(C)C)CC1. The van der Waals surface area contributed by atoms with Crippen molar-refractivity contribution in [1.29, 1.82) is 0 Å². The second kappa shape index (κ2) is 8.20. The fourth-order valence-electron chi connectivity index (χ4n) is 3.15. The molecule has 1 saturated heterocycles. The number of nitrogens with one attached hydrogen (secondary N) is 1. The molecule has 0 spiro atoms. The Hall–Kier alpha value is -2.28. The van der Waals surface area contributed by atoms with E-state index in [-0.39, 0.29) is 18.4 Å². The number of piperidine rings is 1. The first-order valence-corrected chi connectivity index (χ1v) is 8.32. The van der Waals surface area contributed by atoms with Crippen molar-refractivity contribution < 1.29 is 19.1 Å². The Bertz CT molecular complexity index is 610. The first kappa shape index (κ1) is 19.1. The van der Waals surface area contributed by atoms with Gasteiger partial charge >= 0.3 is 0 Å². The third kappa shape index (κ3) is 4.42. The van der Waals surface area contributed by atoms with E-state index in [0.29, 0.717) is 25.9 Å². The zero-order valence-electron chi connectivity index (χ0n) is 15.4. The van der Waals surface area contributed by atoms with Crippen molar-refractivity contribution in [2.24, 2.45) is 0 Å². The molecular formula is C18H27N3O4. The Labute approximate surface area is 148 Å². The minimum absolute atomic E-state index is 0.00848. The summed E-state index contributed by atoms with van der Waals surface area (Å²) < 4.78 is 10.2. The molecule has 2 rings (SSSR count). The zero-order chi connectivity index (χ0) is 18.4. The van der Waals surface area contributed by atoms with Gasteiger partial charge in [0, 0.05) is 46.0 Å². The van der Waals surface area contributed by atoms with Crippen LogP contribution in [-0.4, -0.2) is 75.2 Å². The summed E-state index contributed by atoms with van der Waals surface area (Å²) in [6, 6.07) is 7.52. The van der Waals surface area contributed by atoms with Gasteiger partial charge in [-0.25, -0.2) is 0 Å². The van der Waals surface area contributed by atoms with Crippen LogP contribution in [0.3, 0.4) is 0 Å². The summed E-state index contributed by atoms with van der Waals surface area (Å²) in [5.74, 6) is 0.689. The molecule has 0 aliphatic carbocycles. The quantitative estimate of drug-likeness (QED) is 0.836. The van der Waals surface area contributed by atoms with Crippen LogP contribution in [-0.2, 0) is 14.3 Å². The van der Waals surface area contributed by atoms with Crippen molar-refractivity contribution in [1.82, 2.24) is 9.80 Å². The summed E-state index contributed by atoms with van der Waals surface area (Å²) in [6.07, 6.45) is 1.08. The number of amides is 2. The molecule has 1 heterocycles. The molecule has 0 saturated carbocycles. The molecule has 0 atom stereocenters. The molecule has 0 aromatic heterocycles. The summed E-state index contributed by atoms with van der Waals surface area (Å²) in [4.78, 5) is 28.3. The lowest BCUT2D eigenvalue weighted by atomic mass is 9.85. The maximum absolute atomic E-state index is 12.9. The molecule has 0 bridgehead atoms. The smallest absolute Gasteiger partial charge is 0.248 e. The summed E-state index contributed by atoms with van der Waals surface area (Å²) in [5, 5.41) is 3.40. The second-order valence-electron chi connectivity index (χ2n) is 6.45. The Morgan fingerprint density at radius 1 is 1.24 bits per heavy atom. The van der Waals surface area contributed by atoms with E-state index in [1.165, 1.54) is 7.11 Å². The zero-order valence-corrected chi connectivity index (χ0v) is 15.4. The van der Waals surface area contributed by atoms with Crippen LogP contribution in [0.4, 0.5) is 5.69 Å². The van der Waals surface area contributed by atoms with Crippen molar-refractivity contribution >= 4 is 17.5 Å². The van der Waals surface area contributed by atoms with Gasteiger partial charge in [-0.15, -0.1) is 0 Å². The highest BCUT2D eigenvalue weighted by atomic mass is 16.5. The molecular weight excluding hydrogens is 322 g/mol. The molecule has 1 fully saturated rings. The molecule has 1 aromatic carbocycles. The van der Waals surface area contributed by atoms with Crippen LogP contribution < -0.4 is 10.1 Å². The standard InChI is InChI=1S/C18H27N3O4/c1-20(2)17(23)18(19-14-6-5-7-15(12-14)25-4)8-10-21(11-9-18)16(22)13-24-3/h5-7,12,19H,8-11,13H2,1-4H3. The van der Waals surface area contributed by atoms with Crippen molar-refractivity contribution in [2.75, 3.05) is 53.3 Å². The molecule has 25 heavy (non-hydrogen) atoms. The van der Waals surface area contributed by atoms with E-state index < -0.39 is 5.54 Å². The minimum Gasteiger partial charge on any atom is -0.497 e. The van der Waals surface area contributed by atoms with Gasteiger partial charge in [0.2, 0.25) is 11.8 Å². The van der Waals surface area contributed by atoms with Crippen LogP contribution >= 0.6 is 0 Å². The fourth-order valence-corrected chi connectivity index (χ4v) is 3.15. The molecule has 2 amide bonds. The van der Waals surface area contributed by atoms with Crippen LogP contribution in [0.15, 0.2) is 24.3 Å². The number of hydrogen-bond acceptors (Lipinski definition) is 5. The van der Waals surface area contributed by atoms with Crippen LogP contribution in [0.2, 0.25) is 0 Å². The lowest BCUT2D eigenvalue weighted by Gasteiger charge is -2.43. The van der Waals surface area contributed by atoms with Gasteiger partial charge in [-0.1, -0.05) is 6.07 Å². The summed E-state index contributed by atoms with van der Waals surface area (Å²) in [5.41, 5.74) is 0.0888. The van der Waals surface area contributed by atoms with Gasteiger partial charge in [0.05, 0.1) is 7.11 Å². The highest BCUT2D eigenvalue weighted by Crippen LogP contribution is 2.30. The number of rotatable bonds is 6. The molecule has 1 N–H and O–H groups in total. The van der Waals surface area contributed by atoms with Crippen LogP contribution in [0.25, 0.3) is 0 Å². The van der Waals surface area contributed by atoms with Crippen LogP contribution in [0, 0.1) is 0 Å². The maximum atomic E-state index is 12.9. The van der Waals surface area contributed by atoms with E-state index in [2.05, 4.69) is 5.32 Å². The Balaban J connectivity index is 2.19. The van der Waals surface area contributed by atoms with Gasteiger partial charge in [0.15, 0.2) is 0 Å². The molecule has 1 aliphatic heterocycles. The van der Waals surface area contributed by atoms with Gasteiger partial charge in [-0.2, -0.15) is 0 Å². The number of likely N-dealkylation sites (tertiary alicyclic amines) is 1. The average molecular weight is 349 g/mol. The summed E-state index contributed by atoms with van der Waals surface area (Å²) in [6.45, 7) is 1.09. The number of carbonyl (C=O) groups is 2. The summed E-state index contributed by atoms with van der Waals surface area (Å²) in [7, 11) is 6.62. The van der Waals surface area contributed by atoms with E-state index in [1.807, 2.05) is 24.3 Å². The van der Waals surface area contributed by atoms with Gasteiger partial charge in [0.1, 0.15) is 17.9 Å². The van der Waals surface area contributed by atoms with Crippen LogP contribution in [0.1, 0.15) is 12.8 Å². The van der Waals surface area contributed by atoms with Crippen molar-refractivity contribution in [2.45, 2.75) is 18.4 Å². The lowest BCUT2D eigenvalue weighted by Crippen LogP contribution is -2.59. The normalized spacial score (nSPS) is 16.2. The van der Waals surface area contributed by atoms with Gasteiger partial charge < -0.3 is 24.6 Å². The van der Waals surface area contributed by atoms with Gasteiger partial charge in [-0.3, -0.25) is 9.59 Å². The number of carbonyl (C=O) groups excluding carboxylic acids is 2. The first-order chi connectivity index (χ1) is 11.9. The number of nitrogens with zero attached hydrogens (tertiary/aromatic N) is 2. The van der Waals surface area contributed by atoms with Gasteiger partial charge in [0.25, 0.3) is 0 Å². The van der Waals surface area contributed by atoms with E-state index >= 15 is 0 Å². The Morgan fingerprint density at radius 3 is 2.48 bits per heavy atom. The predicted molar refractivity (Wildman–Crippen MR) is 95.7 cm³/mol. The largest absolute Gasteiger partial charge is 0.497 e. The number of likely N-dealkylation sites (N-methyl/N-ethyl adjacent to an activating group) is 1. The summed E-state index contributed by atoms with van der Waals surface area (Å²) >= 11 is 0. The van der Waals surface area contributed by atoms with E-state index in [0.717, 1.165) is 11.4 Å². The minimum atomic E-state index is -0.736. The van der Waals surface area contributed by atoms with E-state index in [1.54, 1.807) is 31.0 Å². The molecule has 1 aromatic rings. The first-order valence-electron chi connectivity index (χ1n) is 8.32. The number of ether oxygens (including phenoxy) is 2. The Kier molecular flexibility index (Phi) is 6.25. The van der Waals surface area contributed by atoms with E-state index in [9.17, 15) is 9.59 Å². The third-order valence-corrected chi connectivity index (χ3v) is 4.51. The van der Waals surface area contributed by atoms with Crippen molar-refractivity contribution in [3.63, 3.8) is 0 Å². The molecule has 7 nitrogen and oxygen atoms in total. The highest BCUT2D eigenvalue weighted by molar-refractivity contribution is 5.90. The molecule has 7 heteroatoms. The lowest BCUT2D eigenvalue weighted by molar-refractivity contribution is -0.141. The number of benzene rings is 1. The van der Waals surface area contributed by atoms with Crippen molar-refractivity contribution in [3.05, 3.63) is 24.3 Å². The Morgan fingerprint density at radius 2 is 1.92 bits per heavy atom. The fraction of sp³-hybridized carbons (Fsp3) is 0.556. The van der Waals surface area contributed by atoms with E-state index in [4.69, 9.17) is 9.47 Å². The molecule has 138 valence electrons. The number of anilines is 1. The second-order valence-corrected chi connectivity index (χ2v) is 6.45. The number of methoxy groups -OCH3 is 2. The molecule has 0 radical (unpaired) electrons.